The number of rotatable bonds is 6. The second-order valence-corrected chi connectivity index (χ2v) is 5.51. The van der Waals surface area contributed by atoms with Crippen LogP contribution in [-0.2, 0) is 14.3 Å². The SMILES string of the molecule is COCCN1C(=O)C(Cl)=C(c2ccc(OC(C)C)cc2)C1=O. The van der Waals surface area contributed by atoms with Crippen molar-refractivity contribution >= 4 is 29.0 Å². The fraction of sp³-hybridized carbons (Fsp3) is 0.375. The van der Waals surface area contributed by atoms with Gasteiger partial charge in [0.1, 0.15) is 10.8 Å². The van der Waals surface area contributed by atoms with Crippen molar-refractivity contribution in [2.75, 3.05) is 20.3 Å². The Bertz CT molecular complexity index is 607. The van der Waals surface area contributed by atoms with Gasteiger partial charge in [0.05, 0.1) is 24.8 Å². The summed E-state index contributed by atoms with van der Waals surface area (Å²) in [4.78, 5) is 25.5. The molecule has 0 bridgehead atoms. The van der Waals surface area contributed by atoms with Gasteiger partial charge in [-0.1, -0.05) is 23.7 Å². The number of imide groups is 1. The number of ether oxygens (including phenoxy) is 2. The van der Waals surface area contributed by atoms with Gasteiger partial charge in [-0.15, -0.1) is 0 Å². The standard InChI is InChI=1S/C16H18ClNO4/c1-10(2)22-12-6-4-11(5-7-12)13-14(17)16(20)18(15(13)19)8-9-21-3/h4-7,10H,8-9H2,1-3H3. The highest BCUT2D eigenvalue weighted by atomic mass is 35.5. The van der Waals surface area contributed by atoms with E-state index in [2.05, 4.69) is 0 Å². The van der Waals surface area contributed by atoms with Crippen molar-refractivity contribution in [2.45, 2.75) is 20.0 Å². The largest absolute Gasteiger partial charge is 0.491 e. The van der Waals surface area contributed by atoms with Crippen molar-refractivity contribution < 1.29 is 19.1 Å². The van der Waals surface area contributed by atoms with Crippen LogP contribution in [0.2, 0.25) is 0 Å². The van der Waals surface area contributed by atoms with Crippen LogP contribution in [0.1, 0.15) is 19.4 Å². The first-order valence-electron chi connectivity index (χ1n) is 6.97. The monoisotopic (exact) mass is 323 g/mol. The number of methoxy groups -OCH3 is 1. The average Bonchev–Trinajstić information content (AvgIpc) is 2.68. The first-order valence-corrected chi connectivity index (χ1v) is 7.35. The number of carbonyl (C=O) groups is 2. The Hall–Kier alpha value is -1.85. The van der Waals surface area contributed by atoms with E-state index in [1.807, 2.05) is 13.8 Å². The average molecular weight is 324 g/mol. The topological polar surface area (TPSA) is 55.8 Å². The number of nitrogens with zero attached hydrogens (tertiary/aromatic N) is 1. The predicted molar refractivity (Wildman–Crippen MR) is 83.6 cm³/mol. The lowest BCUT2D eigenvalue weighted by atomic mass is 10.1. The molecule has 0 saturated heterocycles. The van der Waals surface area contributed by atoms with E-state index in [-0.39, 0.29) is 29.9 Å². The third-order valence-electron chi connectivity index (χ3n) is 3.15. The summed E-state index contributed by atoms with van der Waals surface area (Å²) >= 11 is 6.05. The van der Waals surface area contributed by atoms with E-state index in [1.54, 1.807) is 24.3 Å². The van der Waals surface area contributed by atoms with Gasteiger partial charge in [0.15, 0.2) is 0 Å². The Balaban J connectivity index is 2.24. The third-order valence-corrected chi connectivity index (χ3v) is 3.50. The van der Waals surface area contributed by atoms with E-state index in [9.17, 15) is 9.59 Å². The summed E-state index contributed by atoms with van der Waals surface area (Å²) in [6.07, 6.45) is 0.0629. The molecule has 1 aliphatic rings. The zero-order chi connectivity index (χ0) is 16.3. The van der Waals surface area contributed by atoms with Gasteiger partial charge in [0.2, 0.25) is 0 Å². The summed E-state index contributed by atoms with van der Waals surface area (Å²) in [6, 6.07) is 6.95. The molecule has 6 heteroatoms. The van der Waals surface area contributed by atoms with Gasteiger partial charge in [-0.3, -0.25) is 14.5 Å². The number of hydrogen-bond acceptors (Lipinski definition) is 4. The van der Waals surface area contributed by atoms with Gasteiger partial charge < -0.3 is 9.47 Å². The molecule has 0 atom stereocenters. The van der Waals surface area contributed by atoms with Crippen molar-refractivity contribution in [2.24, 2.45) is 0 Å². The number of carbonyl (C=O) groups excluding carboxylic acids is 2. The summed E-state index contributed by atoms with van der Waals surface area (Å²) in [5.41, 5.74) is 0.818. The molecule has 0 fully saturated rings. The minimum Gasteiger partial charge on any atom is -0.491 e. The van der Waals surface area contributed by atoms with E-state index in [0.717, 1.165) is 4.90 Å². The van der Waals surface area contributed by atoms with Gasteiger partial charge in [0.25, 0.3) is 11.8 Å². The van der Waals surface area contributed by atoms with Crippen molar-refractivity contribution in [3.8, 4) is 5.75 Å². The highest BCUT2D eigenvalue weighted by molar-refractivity contribution is 6.55. The number of benzene rings is 1. The molecular formula is C16H18ClNO4. The lowest BCUT2D eigenvalue weighted by Crippen LogP contribution is -2.34. The first-order chi connectivity index (χ1) is 10.5. The van der Waals surface area contributed by atoms with Crippen molar-refractivity contribution in [3.05, 3.63) is 34.9 Å². The zero-order valence-electron chi connectivity index (χ0n) is 12.8. The van der Waals surface area contributed by atoms with Crippen LogP contribution in [0.3, 0.4) is 0 Å². The Kier molecular flexibility index (Phi) is 5.21. The van der Waals surface area contributed by atoms with E-state index < -0.39 is 11.8 Å². The highest BCUT2D eigenvalue weighted by Crippen LogP contribution is 2.32. The second kappa shape index (κ2) is 6.94. The van der Waals surface area contributed by atoms with Gasteiger partial charge in [-0.05, 0) is 31.5 Å². The fourth-order valence-electron chi connectivity index (χ4n) is 2.15. The van der Waals surface area contributed by atoms with E-state index >= 15 is 0 Å². The maximum Gasteiger partial charge on any atom is 0.273 e. The Morgan fingerprint density at radius 1 is 1.14 bits per heavy atom. The van der Waals surface area contributed by atoms with Gasteiger partial charge >= 0.3 is 0 Å². The molecular weight excluding hydrogens is 306 g/mol. The van der Waals surface area contributed by atoms with Crippen LogP contribution in [0.25, 0.3) is 5.57 Å². The lowest BCUT2D eigenvalue weighted by Gasteiger charge is -2.14. The molecule has 0 saturated carbocycles. The molecule has 0 unspecified atom stereocenters. The minimum absolute atomic E-state index is 0.0568. The summed E-state index contributed by atoms with van der Waals surface area (Å²) in [5, 5.41) is -0.0568. The van der Waals surface area contributed by atoms with Crippen LogP contribution >= 0.6 is 11.6 Å². The molecule has 2 rings (SSSR count). The van der Waals surface area contributed by atoms with Crippen molar-refractivity contribution in [1.29, 1.82) is 0 Å². The Morgan fingerprint density at radius 2 is 1.77 bits per heavy atom. The summed E-state index contributed by atoms with van der Waals surface area (Å²) in [6.45, 7) is 4.32. The van der Waals surface area contributed by atoms with Crippen LogP contribution < -0.4 is 4.74 Å². The van der Waals surface area contributed by atoms with Gasteiger partial charge in [-0.25, -0.2) is 0 Å². The van der Waals surface area contributed by atoms with Crippen molar-refractivity contribution in [3.63, 3.8) is 0 Å². The molecule has 0 spiro atoms. The molecule has 1 heterocycles. The number of halogens is 1. The molecule has 0 aliphatic carbocycles. The van der Waals surface area contributed by atoms with Gasteiger partial charge in [-0.2, -0.15) is 0 Å². The Labute approximate surface area is 134 Å². The highest BCUT2D eigenvalue weighted by Gasteiger charge is 2.37. The van der Waals surface area contributed by atoms with Gasteiger partial charge in [0, 0.05) is 7.11 Å². The molecule has 2 amide bonds. The number of amides is 2. The lowest BCUT2D eigenvalue weighted by molar-refractivity contribution is -0.137. The van der Waals surface area contributed by atoms with Crippen LogP contribution in [-0.4, -0.2) is 43.1 Å². The van der Waals surface area contributed by atoms with Crippen LogP contribution in [0, 0.1) is 0 Å². The molecule has 0 aromatic heterocycles. The summed E-state index contributed by atoms with van der Waals surface area (Å²) < 4.78 is 10.5. The van der Waals surface area contributed by atoms with E-state index in [1.165, 1.54) is 7.11 Å². The smallest absolute Gasteiger partial charge is 0.273 e. The molecule has 0 radical (unpaired) electrons. The third kappa shape index (κ3) is 3.31. The quantitative estimate of drug-likeness (QED) is 0.755. The summed E-state index contributed by atoms with van der Waals surface area (Å²) in [7, 11) is 1.51. The first kappa shape index (κ1) is 16.5. The normalized spacial score (nSPS) is 15.2. The predicted octanol–water partition coefficient (Wildman–Crippen LogP) is 2.44. The van der Waals surface area contributed by atoms with Crippen molar-refractivity contribution in [1.82, 2.24) is 4.90 Å². The molecule has 5 nitrogen and oxygen atoms in total. The molecule has 1 aromatic rings. The zero-order valence-corrected chi connectivity index (χ0v) is 13.5. The maximum atomic E-state index is 12.4. The van der Waals surface area contributed by atoms with Crippen LogP contribution in [0.4, 0.5) is 0 Å². The van der Waals surface area contributed by atoms with E-state index in [0.29, 0.717) is 11.3 Å². The second-order valence-electron chi connectivity index (χ2n) is 5.13. The molecule has 1 aromatic carbocycles. The molecule has 0 N–H and O–H groups in total. The molecule has 22 heavy (non-hydrogen) atoms. The van der Waals surface area contributed by atoms with Crippen LogP contribution in [0.5, 0.6) is 5.75 Å². The molecule has 1 aliphatic heterocycles. The minimum atomic E-state index is -0.485. The Morgan fingerprint density at radius 3 is 2.32 bits per heavy atom. The van der Waals surface area contributed by atoms with Crippen LogP contribution in [0.15, 0.2) is 29.3 Å². The maximum absolute atomic E-state index is 12.4. The van der Waals surface area contributed by atoms with E-state index in [4.69, 9.17) is 21.1 Å². The fourth-order valence-corrected chi connectivity index (χ4v) is 2.45. The summed E-state index contributed by atoms with van der Waals surface area (Å²) in [5.74, 6) is -0.186. The number of hydrogen-bond donors (Lipinski definition) is 0. The molecule has 118 valence electrons.